The van der Waals surface area contributed by atoms with Gasteiger partial charge in [0.2, 0.25) is 0 Å². The summed E-state index contributed by atoms with van der Waals surface area (Å²) in [4.78, 5) is 0. The molecule has 2 nitrogen and oxygen atoms in total. The molecule has 0 aliphatic carbocycles. The molecule has 0 heterocycles. The summed E-state index contributed by atoms with van der Waals surface area (Å²) in [6, 6.07) is 0. The van der Waals surface area contributed by atoms with Gasteiger partial charge in [-0.15, -0.1) is 0 Å². The van der Waals surface area contributed by atoms with E-state index < -0.39 is 0 Å². The van der Waals surface area contributed by atoms with E-state index in [0.29, 0.717) is 13.2 Å². The summed E-state index contributed by atoms with van der Waals surface area (Å²) in [5, 5.41) is 1.92. The van der Waals surface area contributed by atoms with Gasteiger partial charge >= 0.3 is 78.6 Å². The average Bonchev–Trinajstić information content (AvgIpc) is 1.97. The Balaban J connectivity index is 2.65. The van der Waals surface area contributed by atoms with E-state index in [9.17, 15) is 0 Å². The van der Waals surface area contributed by atoms with Crippen molar-refractivity contribution in [2.24, 2.45) is 0 Å². The number of ether oxygens (including phenoxy) is 2. The van der Waals surface area contributed by atoms with Crippen LogP contribution in [0.2, 0.25) is 10.6 Å². The van der Waals surface area contributed by atoms with Crippen molar-refractivity contribution in [2.45, 2.75) is 10.6 Å². The molecule has 0 aromatic heterocycles. The summed E-state index contributed by atoms with van der Waals surface area (Å²) in [5.74, 6) is 0. The van der Waals surface area contributed by atoms with Crippen LogP contribution in [0.5, 0.6) is 0 Å². The Morgan fingerprint density at radius 3 is 1.40 bits per heavy atom. The molecule has 0 spiro atoms. The van der Waals surface area contributed by atoms with Crippen LogP contribution in [0.3, 0.4) is 0 Å². The molecule has 60 valence electrons. The third-order valence-corrected chi connectivity index (χ3v) is 1.53. The first kappa shape index (κ1) is 11.0. The van der Waals surface area contributed by atoms with Gasteiger partial charge in [0.1, 0.15) is 0 Å². The van der Waals surface area contributed by atoms with Crippen molar-refractivity contribution in [1.29, 1.82) is 0 Å². The second-order valence-electron chi connectivity index (χ2n) is 1.63. The summed E-state index contributed by atoms with van der Waals surface area (Å²) in [6.07, 6.45) is 0. The average molecular weight is 274 g/mol. The van der Waals surface area contributed by atoms with Gasteiger partial charge in [0.05, 0.1) is 0 Å². The van der Waals surface area contributed by atoms with Crippen LogP contribution >= 0.6 is 0 Å². The van der Waals surface area contributed by atoms with Crippen LogP contribution in [-0.4, -0.2) is 58.5 Å². The van der Waals surface area contributed by atoms with Gasteiger partial charge in [0.15, 0.2) is 0 Å². The van der Waals surface area contributed by atoms with Crippen LogP contribution in [-0.2, 0) is 9.47 Å². The van der Waals surface area contributed by atoms with E-state index in [-0.39, 0.29) is 0 Å². The van der Waals surface area contributed by atoms with Gasteiger partial charge in [0, 0.05) is 0 Å². The van der Waals surface area contributed by atoms with Crippen LogP contribution in [0.4, 0.5) is 0 Å². The van der Waals surface area contributed by atoms with Crippen LogP contribution in [0.25, 0.3) is 0 Å². The zero-order valence-corrected chi connectivity index (χ0v) is 9.30. The molecule has 0 saturated carbocycles. The van der Waals surface area contributed by atoms with Crippen LogP contribution in [0.15, 0.2) is 0 Å². The van der Waals surface area contributed by atoms with E-state index in [1.165, 1.54) is 0 Å². The van der Waals surface area contributed by atoms with E-state index in [2.05, 4.69) is 32.0 Å². The first-order chi connectivity index (χ1) is 4.91. The minimum atomic E-state index is 0.710. The molecule has 0 aromatic rings. The number of hydrogen-bond donors (Lipinski definition) is 0. The number of hydrogen-bond acceptors (Lipinski definition) is 2. The molecule has 0 fully saturated rings. The molecule has 0 saturated heterocycles. The maximum absolute atomic E-state index is 5.16. The van der Waals surface area contributed by atoms with E-state index in [1.54, 1.807) is 0 Å². The van der Waals surface area contributed by atoms with E-state index in [0.717, 1.165) is 23.9 Å². The topological polar surface area (TPSA) is 18.5 Å². The van der Waals surface area contributed by atoms with Crippen molar-refractivity contribution in [2.75, 3.05) is 26.4 Å². The monoisotopic (exact) mass is 276 g/mol. The normalized spacial score (nSPS) is 10.2. The molecule has 0 rings (SSSR count). The molecule has 0 amide bonds. The van der Waals surface area contributed by atoms with Gasteiger partial charge in [-0.1, -0.05) is 0 Å². The van der Waals surface area contributed by atoms with E-state index in [1.807, 2.05) is 0 Å². The third-order valence-electron chi connectivity index (χ3n) is 0.827. The number of rotatable bonds is 7. The van der Waals surface area contributed by atoms with Gasteiger partial charge in [0.25, 0.3) is 0 Å². The predicted molar refractivity (Wildman–Crippen MR) is 42.8 cm³/mol. The zero-order chi connectivity index (χ0) is 7.66. The van der Waals surface area contributed by atoms with E-state index in [4.69, 9.17) is 9.47 Å². The summed E-state index contributed by atoms with van der Waals surface area (Å²) in [5.41, 5.74) is 0. The molecule has 0 unspecified atom stereocenters. The Bertz CT molecular complexity index is 53.7. The molecule has 2 radical (unpaired) electrons. The third kappa shape index (κ3) is 8.96. The van der Waals surface area contributed by atoms with Gasteiger partial charge in [-0.05, 0) is 0 Å². The van der Waals surface area contributed by atoms with Crippen molar-refractivity contribution >= 4 is 32.0 Å². The zero-order valence-electron chi connectivity index (χ0n) is 5.88. The Kier molecular flexibility index (Phi) is 10.9. The molecule has 0 aliphatic rings. The molecule has 0 bridgehead atoms. The molecule has 0 N–H and O–H groups in total. The van der Waals surface area contributed by atoms with Crippen molar-refractivity contribution in [3.8, 4) is 0 Å². The summed E-state index contributed by atoms with van der Waals surface area (Å²) in [7, 11) is 0. The van der Waals surface area contributed by atoms with Gasteiger partial charge in [-0.25, -0.2) is 0 Å². The fraction of sp³-hybridized carbons (Fsp3) is 1.00. The van der Waals surface area contributed by atoms with Gasteiger partial charge < -0.3 is 0 Å². The minimum absolute atomic E-state index is 0.710. The second kappa shape index (κ2) is 9.96. The van der Waals surface area contributed by atoms with Gasteiger partial charge in [-0.2, -0.15) is 0 Å². The molecule has 4 heteroatoms. The van der Waals surface area contributed by atoms with E-state index >= 15 is 0 Å². The Morgan fingerprint density at radius 2 is 1.10 bits per heavy atom. The molecular weight excluding hydrogens is 262 g/mol. The molecule has 0 aliphatic heterocycles. The Morgan fingerprint density at radius 1 is 0.700 bits per heavy atom. The van der Waals surface area contributed by atoms with Crippen molar-refractivity contribution < 1.29 is 9.47 Å². The second-order valence-corrected chi connectivity index (χ2v) is 3.35. The first-order valence-corrected chi connectivity index (χ1v) is 5.65. The molecule has 0 aromatic carbocycles. The fourth-order valence-electron chi connectivity index (χ4n) is 0.440. The maximum atomic E-state index is 5.16. The standard InChI is InChI=1S/C6H12O2Se2/c9-5-3-7-1-2-8-4-6-10/h1-6H2. The Hall–Kier alpha value is 0.959. The quantitative estimate of drug-likeness (QED) is 0.487. The van der Waals surface area contributed by atoms with Crippen LogP contribution in [0.1, 0.15) is 0 Å². The molecule has 0 atom stereocenters. The SMILES string of the molecule is [Se]CCOCCOCC[Se]. The fourth-order valence-corrected chi connectivity index (χ4v) is 0.934. The van der Waals surface area contributed by atoms with Gasteiger partial charge in [-0.3, -0.25) is 0 Å². The van der Waals surface area contributed by atoms with Crippen LogP contribution in [0, 0.1) is 0 Å². The Labute approximate surface area is 78.7 Å². The summed E-state index contributed by atoms with van der Waals surface area (Å²) in [6.45, 7) is 3.01. The summed E-state index contributed by atoms with van der Waals surface area (Å²) < 4.78 is 10.3. The molecular formula is C6H12O2Se2. The van der Waals surface area contributed by atoms with Crippen LogP contribution < -0.4 is 0 Å². The first-order valence-electron chi connectivity index (χ1n) is 3.23. The van der Waals surface area contributed by atoms with Crippen molar-refractivity contribution in [3.05, 3.63) is 0 Å². The molecule has 10 heavy (non-hydrogen) atoms. The van der Waals surface area contributed by atoms with Crippen molar-refractivity contribution in [1.82, 2.24) is 0 Å². The summed E-state index contributed by atoms with van der Waals surface area (Å²) >= 11 is 5.75. The van der Waals surface area contributed by atoms with Crippen molar-refractivity contribution in [3.63, 3.8) is 0 Å². The predicted octanol–water partition coefficient (Wildman–Crippen LogP) is 0.193.